The predicted octanol–water partition coefficient (Wildman–Crippen LogP) is 2.55. The highest BCUT2D eigenvalue weighted by atomic mass is 79.9. The van der Waals surface area contributed by atoms with Crippen molar-refractivity contribution >= 4 is 39.2 Å². The van der Waals surface area contributed by atoms with E-state index in [9.17, 15) is 14.4 Å². The second-order valence-corrected chi connectivity index (χ2v) is 7.07. The average Bonchev–Trinajstić information content (AvgIpc) is 2.74. The lowest BCUT2D eigenvalue weighted by Crippen LogP contribution is -2.46. The fourth-order valence-electron chi connectivity index (χ4n) is 4.23. The van der Waals surface area contributed by atoms with Gasteiger partial charge in [0, 0.05) is 16.8 Å². The van der Waals surface area contributed by atoms with Gasteiger partial charge in [0.15, 0.2) is 0 Å². The van der Waals surface area contributed by atoms with Crippen LogP contribution in [-0.2, 0) is 14.4 Å². The number of Topliss-reactive ketones (excluding diaryl/α,β-unsaturated/α-hetero) is 1. The number of fused-ring (bicyclic) bond motifs is 2. The van der Waals surface area contributed by atoms with Crippen molar-refractivity contribution < 1.29 is 14.4 Å². The summed E-state index contributed by atoms with van der Waals surface area (Å²) in [5.41, 5.74) is 0.606. The summed E-state index contributed by atoms with van der Waals surface area (Å²) >= 11 is 3.35. The minimum Gasteiger partial charge on any atom is -0.299 e. The molecule has 0 aromatic heterocycles. The number of ketones is 1. The van der Waals surface area contributed by atoms with Gasteiger partial charge in [0.05, 0.1) is 17.5 Å². The molecule has 3 saturated carbocycles. The molecule has 1 aromatic carbocycles. The maximum absolute atomic E-state index is 12.7. The first-order valence-electron chi connectivity index (χ1n) is 7.24. The molecule has 21 heavy (non-hydrogen) atoms. The molecule has 1 heterocycles. The van der Waals surface area contributed by atoms with Crippen molar-refractivity contribution in [3.63, 3.8) is 0 Å². The Labute approximate surface area is 130 Å². The molecule has 4 nitrogen and oxygen atoms in total. The van der Waals surface area contributed by atoms with Crippen molar-refractivity contribution in [3.05, 3.63) is 28.7 Å². The minimum atomic E-state index is -0.416. The third-order valence-electron chi connectivity index (χ3n) is 5.15. The van der Waals surface area contributed by atoms with Gasteiger partial charge in [-0.3, -0.25) is 19.3 Å². The van der Waals surface area contributed by atoms with Gasteiger partial charge in [-0.15, -0.1) is 0 Å². The van der Waals surface area contributed by atoms with Crippen molar-refractivity contribution in [2.45, 2.75) is 19.3 Å². The van der Waals surface area contributed by atoms with E-state index in [1.54, 1.807) is 12.1 Å². The zero-order valence-electron chi connectivity index (χ0n) is 11.3. The summed E-state index contributed by atoms with van der Waals surface area (Å²) in [6.45, 7) is 0. The van der Waals surface area contributed by atoms with Gasteiger partial charge >= 0.3 is 0 Å². The summed E-state index contributed by atoms with van der Waals surface area (Å²) in [5, 5.41) is 0. The molecule has 0 N–H and O–H groups in total. The number of imide groups is 1. The van der Waals surface area contributed by atoms with E-state index in [-0.39, 0.29) is 35.4 Å². The quantitative estimate of drug-likeness (QED) is 0.733. The zero-order valence-corrected chi connectivity index (χ0v) is 12.9. The number of hydrogen-bond acceptors (Lipinski definition) is 3. The summed E-state index contributed by atoms with van der Waals surface area (Å²) in [7, 11) is 0. The van der Waals surface area contributed by atoms with Gasteiger partial charge in [-0.2, -0.15) is 0 Å². The van der Waals surface area contributed by atoms with Crippen molar-refractivity contribution in [1.82, 2.24) is 0 Å². The first kappa shape index (κ1) is 13.2. The van der Waals surface area contributed by atoms with Crippen LogP contribution >= 0.6 is 15.9 Å². The molecule has 2 bridgehead atoms. The lowest BCUT2D eigenvalue weighted by molar-refractivity contribution is -0.143. The van der Waals surface area contributed by atoms with Gasteiger partial charge in [0.1, 0.15) is 5.78 Å². The molecule has 5 heteroatoms. The molecular formula is C16H14BrNO3. The summed E-state index contributed by atoms with van der Waals surface area (Å²) in [4.78, 5) is 38.8. The van der Waals surface area contributed by atoms with Crippen LogP contribution in [0.15, 0.2) is 28.7 Å². The summed E-state index contributed by atoms with van der Waals surface area (Å²) in [5.74, 6) is -1.00. The third kappa shape index (κ3) is 1.76. The maximum Gasteiger partial charge on any atom is 0.238 e. The summed E-state index contributed by atoms with van der Waals surface area (Å²) < 4.78 is 0.901. The lowest BCUT2D eigenvalue weighted by atomic mass is 9.59. The van der Waals surface area contributed by atoms with Crippen molar-refractivity contribution in [2.75, 3.05) is 4.90 Å². The van der Waals surface area contributed by atoms with Crippen LogP contribution in [0.5, 0.6) is 0 Å². The topological polar surface area (TPSA) is 54.5 Å². The Morgan fingerprint density at radius 3 is 2.29 bits per heavy atom. The second kappa shape index (κ2) is 4.50. The highest BCUT2D eigenvalue weighted by Crippen LogP contribution is 2.52. The molecule has 4 fully saturated rings. The van der Waals surface area contributed by atoms with Crippen LogP contribution in [0.1, 0.15) is 19.3 Å². The Morgan fingerprint density at radius 1 is 0.952 bits per heavy atom. The van der Waals surface area contributed by atoms with Gasteiger partial charge in [-0.25, -0.2) is 0 Å². The third-order valence-corrected chi connectivity index (χ3v) is 5.68. The largest absolute Gasteiger partial charge is 0.299 e. The van der Waals surface area contributed by atoms with E-state index in [1.807, 2.05) is 12.1 Å². The SMILES string of the molecule is O=C1C[C@H]2CC[C@@H]1[C@H]1C(=O)N(c3ccc(Br)cc3)C(=O)[C@@H]21. The second-order valence-electron chi connectivity index (χ2n) is 6.15. The van der Waals surface area contributed by atoms with Gasteiger partial charge < -0.3 is 0 Å². The number of anilines is 1. The molecule has 4 atom stereocenters. The molecule has 0 spiro atoms. The highest BCUT2D eigenvalue weighted by Gasteiger charge is 2.60. The number of halogens is 1. The van der Waals surface area contributed by atoms with Gasteiger partial charge in [0.2, 0.25) is 11.8 Å². The maximum atomic E-state index is 12.7. The molecule has 5 rings (SSSR count). The highest BCUT2D eigenvalue weighted by molar-refractivity contribution is 9.10. The Balaban J connectivity index is 1.75. The molecule has 0 radical (unpaired) electrons. The van der Waals surface area contributed by atoms with Crippen LogP contribution in [0.4, 0.5) is 5.69 Å². The first-order chi connectivity index (χ1) is 10.1. The van der Waals surface area contributed by atoms with Gasteiger partial charge in [-0.1, -0.05) is 15.9 Å². The molecule has 3 aliphatic carbocycles. The fourth-order valence-corrected chi connectivity index (χ4v) is 4.49. The first-order valence-corrected chi connectivity index (χ1v) is 8.03. The van der Waals surface area contributed by atoms with Gasteiger partial charge in [-0.05, 0) is 43.0 Å². The number of amides is 2. The fraction of sp³-hybridized carbons (Fsp3) is 0.438. The Kier molecular flexibility index (Phi) is 2.83. The van der Waals surface area contributed by atoms with Crippen LogP contribution < -0.4 is 4.90 Å². The number of carbonyl (C=O) groups excluding carboxylic acids is 3. The standard InChI is InChI=1S/C16H14BrNO3/c17-9-2-4-10(5-3-9)18-15(20)13-8-1-6-11(12(19)7-8)14(13)16(18)21/h2-5,8,11,13-14H,1,6-7H2/t8-,11+,13+,14-/m1/s1. The monoisotopic (exact) mass is 347 g/mol. The van der Waals surface area contributed by atoms with Crippen LogP contribution in [0.25, 0.3) is 0 Å². The molecular weight excluding hydrogens is 334 g/mol. The number of rotatable bonds is 1. The van der Waals surface area contributed by atoms with E-state index in [4.69, 9.17) is 0 Å². The van der Waals surface area contributed by atoms with E-state index in [0.717, 1.165) is 17.3 Å². The van der Waals surface area contributed by atoms with E-state index < -0.39 is 5.92 Å². The molecule has 1 saturated heterocycles. The van der Waals surface area contributed by atoms with E-state index in [1.165, 1.54) is 4.90 Å². The van der Waals surface area contributed by atoms with E-state index >= 15 is 0 Å². The van der Waals surface area contributed by atoms with E-state index in [0.29, 0.717) is 12.1 Å². The molecule has 108 valence electrons. The van der Waals surface area contributed by atoms with Gasteiger partial charge in [0.25, 0.3) is 0 Å². The van der Waals surface area contributed by atoms with E-state index in [2.05, 4.69) is 15.9 Å². The smallest absolute Gasteiger partial charge is 0.238 e. The Bertz CT molecular complexity index is 654. The lowest BCUT2D eigenvalue weighted by Gasteiger charge is -2.41. The van der Waals surface area contributed by atoms with Crippen molar-refractivity contribution in [2.24, 2.45) is 23.7 Å². The van der Waals surface area contributed by atoms with Crippen LogP contribution in [0, 0.1) is 23.7 Å². The molecule has 2 amide bonds. The molecule has 1 aliphatic heterocycles. The number of nitrogens with zero attached hydrogens (tertiary/aromatic N) is 1. The van der Waals surface area contributed by atoms with Crippen molar-refractivity contribution in [1.29, 1.82) is 0 Å². The summed E-state index contributed by atoms with van der Waals surface area (Å²) in [6.07, 6.45) is 2.13. The van der Waals surface area contributed by atoms with Crippen molar-refractivity contribution in [3.8, 4) is 0 Å². The molecule has 4 aliphatic rings. The van der Waals surface area contributed by atoms with Crippen LogP contribution in [0.2, 0.25) is 0 Å². The number of benzene rings is 1. The minimum absolute atomic E-state index is 0.0596. The number of hydrogen-bond donors (Lipinski definition) is 0. The normalized spacial score (nSPS) is 34.5. The average molecular weight is 348 g/mol. The predicted molar refractivity (Wildman–Crippen MR) is 79.5 cm³/mol. The molecule has 0 unspecified atom stereocenters. The van der Waals surface area contributed by atoms with Crippen LogP contribution in [0.3, 0.4) is 0 Å². The summed E-state index contributed by atoms with van der Waals surface area (Å²) in [6, 6.07) is 7.16. The Morgan fingerprint density at radius 2 is 1.62 bits per heavy atom. The zero-order chi connectivity index (χ0) is 14.7. The molecule has 1 aromatic rings. The van der Waals surface area contributed by atoms with Crippen LogP contribution in [-0.4, -0.2) is 17.6 Å². The number of carbonyl (C=O) groups is 3. The Hall–Kier alpha value is -1.49.